The summed E-state index contributed by atoms with van der Waals surface area (Å²) in [6.07, 6.45) is 0.770. The first kappa shape index (κ1) is 11.1. The molecule has 0 bridgehead atoms. The molecule has 0 heterocycles. The second-order valence-corrected chi connectivity index (χ2v) is 7.58. The average molecular weight is 176 g/mol. The Morgan fingerprint density at radius 3 is 2.00 bits per heavy atom. The number of hydrogen-bond acceptors (Lipinski definition) is 3. The van der Waals surface area contributed by atoms with Crippen LogP contribution in [0.25, 0.3) is 0 Å². The third-order valence-electron chi connectivity index (χ3n) is 2.21. The molecule has 0 spiro atoms. The molecule has 0 aliphatic carbocycles. The zero-order valence-electron chi connectivity index (χ0n) is 7.98. The lowest BCUT2D eigenvalue weighted by molar-refractivity contribution is 0.297. The fourth-order valence-electron chi connectivity index (χ4n) is 0.921. The van der Waals surface area contributed by atoms with Crippen molar-refractivity contribution in [2.45, 2.75) is 38.6 Å². The standard InChI is InChI=1S/C7H20N2OSi/c1-5-7(8,9)11(3,4)10-6-2/h5-6,8-9H2,1-4H3. The molecule has 0 radical (unpaired) electrons. The Bertz CT molecular complexity index is 126. The van der Waals surface area contributed by atoms with Crippen molar-refractivity contribution in [2.24, 2.45) is 11.5 Å². The highest BCUT2D eigenvalue weighted by Crippen LogP contribution is 2.17. The maximum atomic E-state index is 5.89. The van der Waals surface area contributed by atoms with Gasteiger partial charge in [0.25, 0.3) is 0 Å². The Hall–Kier alpha value is 0.0969. The lowest BCUT2D eigenvalue weighted by Gasteiger charge is -2.37. The summed E-state index contributed by atoms with van der Waals surface area (Å²) >= 11 is 0. The van der Waals surface area contributed by atoms with Crippen molar-refractivity contribution >= 4 is 8.32 Å². The molecular weight excluding hydrogens is 156 g/mol. The molecule has 11 heavy (non-hydrogen) atoms. The minimum atomic E-state index is -1.88. The maximum absolute atomic E-state index is 5.89. The predicted molar refractivity (Wildman–Crippen MR) is 50.5 cm³/mol. The molecule has 0 saturated carbocycles. The first-order chi connectivity index (χ1) is 4.87. The van der Waals surface area contributed by atoms with Crippen molar-refractivity contribution in [3.05, 3.63) is 0 Å². The van der Waals surface area contributed by atoms with E-state index in [1.165, 1.54) is 0 Å². The van der Waals surface area contributed by atoms with Crippen LogP contribution in [0.4, 0.5) is 0 Å². The van der Waals surface area contributed by atoms with Gasteiger partial charge in [-0.25, -0.2) is 0 Å². The third kappa shape index (κ3) is 2.55. The van der Waals surface area contributed by atoms with Gasteiger partial charge in [-0.2, -0.15) is 0 Å². The minimum absolute atomic E-state index is 0.594. The molecule has 0 fully saturated rings. The Balaban J connectivity index is 4.26. The average Bonchev–Trinajstić information content (AvgIpc) is 1.87. The van der Waals surface area contributed by atoms with Crippen LogP contribution in [-0.2, 0) is 4.43 Å². The number of nitrogens with two attached hydrogens (primary N) is 2. The van der Waals surface area contributed by atoms with Crippen molar-refractivity contribution in [1.82, 2.24) is 0 Å². The van der Waals surface area contributed by atoms with Crippen LogP contribution < -0.4 is 11.5 Å². The normalized spacial score (nSPS) is 13.6. The summed E-state index contributed by atoms with van der Waals surface area (Å²) in [4.78, 5) is 0. The monoisotopic (exact) mass is 176 g/mol. The van der Waals surface area contributed by atoms with E-state index < -0.39 is 13.6 Å². The van der Waals surface area contributed by atoms with Gasteiger partial charge < -0.3 is 15.9 Å². The zero-order chi connectivity index (χ0) is 9.12. The largest absolute Gasteiger partial charge is 0.414 e. The Morgan fingerprint density at radius 1 is 1.27 bits per heavy atom. The molecule has 0 aromatic carbocycles. The van der Waals surface area contributed by atoms with E-state index in [0.717, 1.165) is 6.42 Å². The van der Waals surface area contributed by atoms with Crippen LogP contribution in [0.2, 0.25) is 13.1 Å². The van der Waals surface area contributed by atoms with Crippen LogP contribution in [0.5, 0.6) is 0 Å². The fraction of sp³-hybridized carbons (Fsp3) is 1.00. The van der Waals surface area contributed by atoms with Gasteiger partial charge in [-0.15, -0.1) is 0 Å². The van der Waals surface area contributed by atoms with E-state index in [1.54, 1.807) is 0 Å². The maximum Gasteiger partial charge on any atom is 0.220 e. The Morgan fingerprint density at radius 2 is 1.73 bits per heavy atom. The summed E-state index contributed by atoms with van der Waals surface area (Å²) in [6, 6.07) is 0. The van der Waals surface area contributed by atoms with Crippen LogP contribution in [-0.4, -0.2) is 20.2 Å². The van der Waals surface area contributed by atoms with Crippen molar-refractivity contribution in [1.29, 1.82) is 0 Å². The van der Waals surface area contributed by atoms with Crippen LogP contribution in [0, 0.1) is 0 Å². The molecule has 0 aromatic heterocycles. The van der Waals surface area contributed by atoms with Crippen LogP contribution >= 0.6 is 0 Å². The molecule has 0 aliphatic rings. The molecular formula is C7H20N2OSi. The lowest BCUT2D eigenvalue weighted by Crippen LogP contribution is -2.68. The van der Waals surface area contributed by atoms with E-state index in [2.05, 4.69) is 13.1 Å². The van der Waals surface area contributed by atoms with Gasteiger partial charge in [0.05, 0.1) is 5.29 Å². The molecule has 0 unspecified atom stereocenters. The van der Waals surface area contributed by atoms with Gasteiger partial charge in [0.1, 0.15) is 0 Å². The second kappa shape index (κ2) is 3.67. The first-order valence-electron chi connectivity index (χ1n) is 4.09. The smallest absolute Gasteiger partial charge is 0.220 e. The van der Waals surface area contributed by atoms with Gasteiger partial charge in [0.2, 0.25) is 8.32 Å². The minimum Gasteiger partial charge on any atom is -0.414 e. The van der Waals surface area contributed by atoms with Crippen molar-refractivity contribution in [3.63, 3.8) is 0 Å². The predicted octanol–water partition coefficient (Wildman–Crippen LogP) is 0.791. The van der Waals surface area contributed by atoms with Crippen molar-refractivity contribution < 1.29 is 4.43 Å². The van der Waals surface area contributed by atoms with Crippen LogP contribution in [0.1, 0.15) is 20.3 Å². The van der Waals surface area contributed by atoms with Crippen molar-refractivity contribution in [3.8, 4) is 0 Å². The van der Waals surface area contributed by atoms with Crippen LogP contribution in [0.3, 0.4) is 0 Å². The van der Waals surface area contributed by atoms with E-state index in [-0.39, 0.29) is 0 Å². The van der Waals surface area contributed by atoms with Gasteiger partial charge in [0, 0.05) is 6.61 Å². The summed E-state index contributed by atoms with van der Waals surface area (Å²) in [6.45, 7) is 8.78. The van der Waals surface area contributed by atoms with Gasteiger partial charge in [0.15, 0.2) is 0 Å². The molecule has 68 valence electrons. The van der Waals surface area contributed by atoms with Crippen LogP contribution in [0.15, 0.2) is 0 Å². The van der Waals surface area contributed by atoms with Gasteiger partial charge in [-0.05, 0) is 26.4 Å². The molecule has 4 N–H and O–H groups in total. The molecule has 0 saturated heterocycles. The highest BCUT2D eigenvalue weighted by molar-refractivity contribution is 6.74. The van der Waals surface area contributed by atoms with E-state index in [4.69, 9.17) is 15.9 Å². The summed E-state index contributed by atoms with van der Waals surface area (Å²) in [7, 11) is -1.88. The Kier molecular flexibility index (Phi) is 3.70. The molecule has 3 nitrogen and oxygen atoms in total. The van der Waals surface area contributed by atoms with E-state index >= 15 is 0 Å². The molecule has 0 aliphatic heterocycles. The molecule has 0 rings (SSSR count). The number of rotatable bonds is 4. The molecule has 0 aromatic rings. The van der Waals surface area contributed by atoms with Gasteiger partial charge >= 0.3 is 0 Å². The first-order valence-corrected chi connectivity index (χ1v) is 7.00. The van der Waals surface area contributed by atoms with Crippen molar-refractivity contribution in [2.75, 3.05) is 6.61 Å². The quantitative estimate of drug-likeness (QED) is 0.492. The number of hydrogen-bond donors (Lipinski definition) is 2. The highest BCUT2D eigenvalue weighted by Gasteiger charge is 2.40. The molecule has 0 atom stereocenters. The topological polar surface area (TPSA) is 61.3 Å². The molecule has 4 heteroatoms. The van der Waals surface area contributed by atoms with E-state index in [0.29, 0.717) is 6.61 Å². The Labute approximate surface area is 70.2 Å². The zero-order valence-corrected chi connectivity index (χ0v) is 8.98. The summed E-state index contributed by atoms with van der Waals surface area (Å²) in [5.74, 6) is 0. The summed E-state index contributed by atoms with van der Waals surface area (Å²) in [5.41, 5.74) is 11.8. The second-order valence-electron chi connectivity index (χ2n) is 3.34. The SMILES string of the molecule is CCO[Si](C)(C)C(N)(N)CC. The fourth-order valence-corrected chi connectivity index (χ4v) is 2.76. The lowest BCUT2D eigenvalue weighted by atomic mass is 10.4. The van der Waals surface area contributed by atoms with E-state index in [1.807, 2.05) is 13.8 Å². The van der Waals surface area contributed by atoms with E-state index in [9.17, 15) is 0 Å². The summed E-state index contributed by atoms with van der Waals surface area (Å²) in [5, 5.41) is -0.594. The highest BCUT2D eigenvalue weighted by atomic mass is 28.4. The van der Waals surface area contributed by atoms with Gasteiger partial charge in [-0.3, -0.25) is 0 Å². The molecule has 0 amide bonds. The summed E-state index contributed by atoms with van der Waals surface area (Å²) < 4.78 is 5.57. The third-order valence-corrected chi connectivity index (χ3v) is 5.82. The van der Waals surface area contributed by atoms with Gasteiger partial charge in [-0.1, -0.05) is 6.92 Å².